The maximum absolute atomic E-state index is 6.15. The van der Waals surface area contributed by atoms with E-state index in [1.807, 2.05) is 7.05 Å². The normalized spacial score (nSPS) is 16.9. The number of anilines is 2. The Morgan fingerprint density at radius 1 is 1.38 bits per heavy atom. The minimum Gasteiger partial charge on any atom is -0.476 e. The van der Waals surface area contributed by atoms with Crippen molar-refractivity contribution in [3.8, 4) is 5.88 Å². The molecule has 1 fully saturated rings. The van der Waals surface area contributed by atoms with Gasteiger partial charge in [0.05, 0.1) is 6.61 Å². The highest BCUT2D eigenvalue weighted by Crippen LogP contribution is 2.28. The number of likely N-dealkylation sites (tertiary alicyclic amines) is 1. The number of ether oxygens (including phenoxy) is 1. The van der Waals surface area contributed by atoms with Gasteiger partial charge in [-0.2, -0.15) is 4.98 Å². The molecule has 1 aliphatic heterocycles. The number of nitrogens with zero attached hydrogens (tertiary/aromatic N) is 4. The van der Waals surface area contributed by atoms with Crippen molar-refractivity contribution in [2.75, 3.05) is 51.0 Å². The summed E-state index contributed by atoms with van der Waals surface area (Å²) in [5.41, 5.74) is 6.70. The van der Waals surface area contributed by atoms with Crippen LogP contribution in [0.1, 0.15) is 26.2 Å². The molecule has 0 bridgehead atoms. The standard InChI is InChI=1S/C15H27N5O/c1-4-9-21-15-13(16)14(17-11-18-15)20(3)10-12-5-7-19(2)8-6-12/h11-12H,4-10,16H2,1-3H3. The predicted molar refractivity (Wildman–Crippen MR) is 85.7 cm³/mol. The summed E-state index contributed by atoms with van der Waals surface area (Å²) in [5, 5.41) is 0. The van der Waals surface area contributed by atoms with Gasteiger partial charge in [-0.25, -0.2) is 4.98 Å². The van der Waals surface area contributed by atoms with Crippen LogP contribution in [0.4, 0.5) is 11.5 Å². The van der Waals surface area contributed by atoms with Gasteiger partial charge in [-0.15, -0.1) is 0 Å². The summed E-state index contributed by atoms with van der Waals surface area (Å²) in [5.74, 6) is 1.97. The molecular weight excluding hydrogens is 266 g/mol. The molecule has 6 nitrogen and oxygen atoms in total. The van der Waals surface area contributed by atoms with Crippen LogP contribution < -0.4 is 15.4 Å². The maximum atomic E-state index is 6.15. The molecule has 0 unspecified atom stereocenters. The lowest BCUT2D eigenvalue weighted by Gasteiger charge is -2.32. The van der Waals surface area contributed by atoms with Crippen molar-refractivity contribution in [3.05, 3.63) is 6.33 Å². The minimum absolute atomic E-state index is 0.497. The fraction of sp³-hybridized carbons (Fsp3) is 0.733. The first kappa shape index (κ1) is 15.8. The highest BCUT2D eigenvalue weighted by atomic mass is 16.5. The Hall–Kier alpha value is -1.56. The Balaban J connectivity index is 1.99. The van der Waals surface area contributed by atoms with Gasteiger partial charge in [0.2, 0.25) is 5.88 Å². The van der Waals surface area contributed by atoms with E-state index < -0.39 is 0 Å². The van der Waals surface area contributed by atoms with Crippen LogP contribution in [-0.4, -0.2) is 55.2 Å². The number of hydrogen-bond acceptors (Lipinski definition) is 6. The van der Waals surface area contributed by atoms with E-state index >= 15 is 0 Å². The number of rotatable bonds is 6. The Labute approximate surface area is 127 Å². The third-order valence-electron chi connectivity index (χ3n) is 4.00. The van der Waals surface area contributed by atoms with Crippen LogP contribution in [-0.2, 0) is 0 Å². The molecule has 1 saturated heterocycles. The molecule has 1 aliphatic rings. The molecule has 0 saturated carbocycles. The molecule has 0 radical (unpaired) electrons. The van der Waals surface area contributed by atoms with Crippen molar-refractivity contribution in [1.29, 1.82) is 0 Å². The van der Waals surface area contributed by atoms with E-state index in [0.717, 1.165) is 18.8 Å². The highest BCUT2D eigenvalue weighted by Gasteiger charge is 2.20. The van der Waals surface area contributed by atoms with Crippen LogP contribution in [0.2, 0.25) is 0 Å². The topological polar surface area (TPSA) is 67.5 Å². The maximum Gasteiger partial charge on any atom is 0.242 e. The van der Waals surface area contributed by atoms with Crippen LogP contribution in [0.5, 0.6) is 5.88 Å². The molecular formula is C15H27N5O. The third-order valence-corrected chi connectivity index (χ3v) is 4.00. The molecule has 2 rings (SSSR count). The van der Waals surface area contributed by atoms with Crippen LogP contribution in [0, 0.1) is 5.92 Å². The van der Waals surface area contributed by atoms with Gasteiger partial charge in [-0.05, 0) is 45.3 Å². The molecule has 21 heavy (non-hydrogen) atoms. The van der Waals surface area contributed by atoms with Crippen molar-refractivity contribution in [3.63, 3.8) is 0 Å². The van der Waals surface area contributed by atoms with E-state index in [4.69, 9.17) is 10.5 Å². The molecule has 0 aromatic carbocycles. The number of nitrogens with two attached hydrogens (primary N) is 1. The van der Waals surface area contributed by atoms with E-state index in [0.29, 0.717) is 24.1 Å². The monoisotopic (exact) mass is 293 g/mol. The second-order valence-electron chi connectivity index (χ2n) is 5.89. The van der Waals surface area contributed by atoms with Crippen LogP contribution >= 0.6 is 0 Å². The van der Waals surface area contributed by atoms with Gasteiger partial charge in [-0.1, -0.05) is 6.92 Å². The molecule has 118 valence electrons. The highest BCUT2D eigenvalue weighted by molar-refractivity contribution is 5.67. The lowest BCUT2D eigenvalue weighted by atomic mass is 9.97. The van der Waals surface area contributed by atoms with Crippen LogP contribution in [0.25, 0.3) is 0 Å². The first-order valence-corrected chi connectivity index (χ1v) is 7.74. The molecule has 0 atom stereocenters. The van der Waals surface area contributed by atoms with E-state index in [1.165, 1.54) is 32.3 Å². The molecule has 0 spiro atoms. The molecule has 1 aromatic heterocycles. The third kappa shape index (κ3) is 4.20. The van der Waals surface area contributed by atoms with Gasteiger partial charge in [0.25, 0.3) is 0 Å². The number of hydrogen-bond donors (Lipinski definition) is 1. The van der Waals surface area contributed by atoms with Gasteiger partial charge in [0.1, 0.15) is 12.0 Å². The molecule has 0 aliphatic carbocycles. The SMILES string of the molecule is CCCOc1ncnc(N(C)CC2CCN(C)CC2)c1N. The summed E-state index contributed by atoms with van der Waals surface area (Å²) in [7, 11) is 4.22. The first-order chi connectivity index (χ1) is 10.1. The fourth-order valence-corrected chi connectivity index (χ4v) is 2.71. The zero-order valence-corrected chi connectivity index (χ0v) is 13.4. The van der Waals surface area contributed by atoms with Gasteiger partial charge >= 0.3 is 0 Å². The quantitative estimate of drug-likeness (QED) is 0.860. The largest absolute Gasteiger partial charge is 0.476 e. The van der Waals surface area contributed by atoms with Crippen molar-refractivity contribution in [1.82, 2.24) is 14.9 Å². The average Bonchev–Trinajstić information content (AvgIpc) is 2.48. The summed E-state index contributed by atoms with van der Waals surface area (Å²) in [6.07, 6.45) is 4.92. The molecule has 2 N–H and O–H groups in total. The molecule has 6 heteroatoms. The van der Waals surface area contributed by atoms with E-state index in [2.05, 4.69) is 33.7 Å². The van der Waals surface area contributed by atoms with E-state index in [-0.39, 0.29) is 0 Å². The Morgan fingerprint density at radius 3 is 2.76 bits per heavy atom. The zero-order chi connectivity index (χ0) is 15.2. The second kappa shape index (κ2) is 7.45. The van der Waals surface area contributed by atoms with Crippen molar-refractivity contribution >= 4 is 11.5 Å². The van der Waals surface area contributed by atoms with E-state index in [9.17, 15) is 0 Å². The average molecular weight is 293 g/mol. The number of nitrogen functional groups attached to an aromatic ring is 1. The van der Waals surface area contributed by atoms with Crippen LogP contribution in [0.3, 0.4) is 0 Å². The lowest BCUT2D eigenvalue weighted by Crippen LogP contribution is -2.36. The fourth-order valence-electron chi connectivity index (χ4n) is 2.71. The smallest absolute Gasteiger partial charge is 0.242 e. The van der Waals surface area contributed by atoms with Crippen LogP contribution in [0.15, 0.2) is 6.33 Å². The number of piperidine rings is 1. The Morgan fingerprint density at radius 2 is 2.10 bits per heavy atom. The minimum atomic E-state index is 0.497. The van der Waals surface area contributed by atoms with Crippen molar-refractivity contribution < 1.29 is 4.74 Å². The van der Waals surface area contributed by atoms with Gasteiger partial charge in [0, 0.05) is 13.6 Å². The van der Waals surface area contributed by atoms with Crippen molar-refractivity contribution in [2.24, 2.45) is 5.92 Å². The van der Waals surface area contributed by atoms with Gasteiger partial charge in [-0.3, -0.25) is 0 Å². The Kier molecular flexibility index (Phi) is 5.61. The summed E-state index contributed by atoms with van der Waals surface area (Å²) in [4.78, 5) is 13.0. The summed E-state index contributed by atoms with van der Waals surface area (Å²) in [6, 6.07) is 0. The zero-order valence-electron chi connectivity index (χ0n) is 13.4. The molecule has 1 aromatic rings. The van der Waals surface area contributed by atoms with E-state index in [1.54, 1.807) is 0 Å². The predicted octanol–water partition coefficient (Wildman–Crippen LogP) is 1.63. The van der Waals surface area contributed by atoms with Gasteiger partial charge in [0.15, 0.2) is 5.82 Å². The summed E-state index contributed by atoms with van der Waals surface area (Å²) >= 11 is 0. The summed E-state index contributed by atoms with van der Waals surface area (Å²) in [6.45, 7) is 6.00. The van der Waals surface area contributed by atoms with Gasteiger partial charge < -0.3 is 20.3 Å². The van der Waals surface area contributed by atoms with Crippen molar-refractivity contribution in [2.45, 2.75) is 26.2 Å². The Bertz CT molecular complexity index is 446. The first-order valence-electron chi connectivity index (χ1n) is 7.74. The number of aromatic nitrogens is 2. The molecule has 2 heterocycles. The second-order valence-corrected chi connectivity index (χ2v) is 5.89. The lowest BCUT2D eigenvalue weighted by molar-refractivity contribution is 0.222. The summed E-state index contributed by atoms with van der Waals surface area (Å²) < 4.78 is 5.57. The molecule has 0 amide bonds.